The summed E-state index contributed by atoms with van der Waals surface area (Å²) in [6.07, 6.45) is 1.44. The maximum atomic E-state index is 12.8. The number of aromatic nitrogens is 3. The fourth-order valence-corrected chi connectivity index (χ4v) is 3.11. The quantitative estimate of drug-likeness (QED) is 0.607. The molecular formula is C18H15N7O2S. The van der Waals surface area contributed by atoms with Crippen molar-refractivity contribution in [3.8, 4) is 6.07 Å². The molecule has 0 radical (unpaired) electrons. The molecule has 140 valence electrons. The summed E-state index contributed by atoms with van der Waals surface area (Å²) < 4.78 is 4.23. The predicted molar refractivity (Wildman–Crippen MR) is 106 cm³/mol. The van der Waals surface area contributed by atoms with Crippen LogP contribution in [0.1, 0.15) is 28.5 Å². The first-order chi connectivity index (χ1) is 13.5. The van der Waals surface area contributed by atoms with Crippen LogP contribution in [0, 0.1) is 18.3 Å². The Bertz CT molecular complexity index is 1070. The van der Waals surface area contributed by atoms with Crippen LogP contribution >= 0.6 is 11.5 Å². The first kappa shape index (κ1) is 18.9. The zero-order chi connectivity index (χ0) is 20.1. The van der Waals surface area contributed by atoms with Gasteiger partial charge in [-0.2, -0.15) is 9.64 Å². The molecule has 3 aromatic rings. The second-order valence-electron chi connectivity index (χ2n) is 5.68. The Morgan fingerprint density at radius 1 is 1.11 bits per heavy atom. The summed E-state index contributed by atoms with van der Waals surface area (Å²) in [6.45, 7) is 3.10. The molecule has 0 aliphatic heterocycles. The third-order valence-electron chi connectivity index (χ3n) is 3.52. The molecule has 9 nitrogen and oxygen atoms in total. The Morgan fingerprint density at radius 2 is 1.86 bits per heavy atom. The highest BCUT2D eigenvalue weighted by atomic mass is 32.1. The second kappa shape index (κ2) is 8.24. The number of nitrogens with one attached hydrogen (secondary N) is 3. The van der Waals surface area contributed by atoms with Crippen molar-refractivity contribution in [1.82, 2.24) is 14.3 Å². The second-order valence-corrected chi connectivity index (χ2v) is 6.46. The number of carbonyl (C=O) groups excluding carboxylic acids is 2. The molecule has 0 fully saturated rings. The number of hydrogen-bond donors (Lipinski definition) is 3. The van der Waals surface area contributed by atoms with E-state index in [1.165, 1.54) is 13.1 Å². The summed E-state index contributed by atoms with van der Waals surface area (Å²) >= 11 is 1.13. The van der Waals surface area contributed by atoms with E-state index < -0.39 is 5.91 Å². The van der Waals surface area contributed by atoms with Crippen LogP contribution in [0.25, 0.3) is 0 Å². The van der Waals surface area contributed by atoms with E-state index >= 15 is 0 Å². The number of anilines is 4. The van der Waals surface area contributed by atoms with Crippen molar-refractivity contribution in [3.05, 3.63) is 53.3 Å². The van der Waals surface area contributed by atoms with Gasteiger partial charge < -0.3 is 16.0 Å². The van der Waals surface area contributed by atoms with Gasteiger partial charge in [0.15, 0.2) is 0 Å². The van der Waals surface area contributed by atoms with Crippen LogP contribution in [0.3, 0.4) is 0 Å². The van der Waals surface area contributed by atoms with Crippen LogP contribution in [-0.2, 0) is 4.79 Å². The lowest BCUT2D eigenvalue weighted by atomic mass is 10.2. The van der Waals surface area contributed by atoms with E-state index in [1.54, 1.807) is 37.3 Å². The smallest absolute Gasteiger partial charge is 0.261 e. The van der Waals surface area contributed by atoms with Gasteiger partial charge in [-0.25, -0.2) is 9.97 Å². The number of nitriles is 1. The molecular weight excluding hydrogens is 378 g/mol. The van der Waals surface area contributed by atoms with Crippen molar-refractivity contribution in [2.45, 2.75) is 13.8 Å². The van der Waals surface area contributed by atoms with Gasteiger partial charge in [0, 0.05) is 13.1 Å². The van der Waals surface area contributed by atoms with E-state index in [1.807, 2.05) is 6.07 Å². The lowest BCUT2D eigenvalue weighted by Gasteiger charge is -2.09. The summed E-state index contributed by atoms with van der Waals surface area (Å²) in [5.41, 5.74) is 1.36. The van der Waals surface area contributed by atoms with Crippen LogP contribution in [-0.4, -0.2) is 26.2 Å². The molecule has 0 aromatic carbocycles. The zero-order valence-corrected chi connectivity index (χ0v) is 15.8. The molecule has 0 saturated heterocycles. The third-order valence-corrected chi connectivity index (χ3v) is 4.37. The Hall–Kier alpha value is -3.84. The van der Waals surface area contributed by atoms with Crippen molar-refractivity contribution >= 4 is 45.8 Å². The minimum atomic E-state index is -0.394. The summed E-state index contributed by atoms with van der Waals surface area (Å²) in [5.74, 6) is 0.475. The van der Waals surface area contributed by atoms with E-state index in [0.717, 1.165) is 11.5 Å². The Kier molecular flexibility index (Phi) is 5.57. The first-order valence-electron chi connectivity index (χ1n) is 8.11. The zero-order valence-electron chi connectivity index (χ0n) is 15.0. The maximum absolute atomic E-state index is 12.8. The van der Waals surface area contributed by atoms with Crippen LogP contribution in [0.15, 0.2) is 36.5 Å². The fraction of sp³-hybridized carbons (Fsp3) is 0.111. The van der Waals surface area contributed by atoms with Crippen LogP contribution in [0.2, 0.25) is 0 Å². The highest BCUT2D eigenvalue weighted by Crippen LogP contribution is 2.28. The number of rotatable bonds is 5. The third kappa shape index (κ3) is 4.46. The molecule has 3 aromatic heterocycles. The SMILES string of the molecule is CC(=O)Nc1cccc(NC(=O)c2c(C)nsc2Nc2ccc(C#N)cn2)n1. The van der Waals surface area contributed by atoms with Crippen molar-refractivity contribution in [3.63, 3.8) is 0 Å². The van der Waals surface area contributed by atoms with E-state index in [2.05, 4.69) is 30.3 Å². The fourth-order valence-electron chi connectivity index (χ4n) is 2.31. The molecule has 3 rings (SSSR count). The van der Waals surface area contributed by atoms with E-state index in [0.29, 0.717) is 39.3 Å². The molecule has 2 amide bonds. The molecule has 0 unspecified atom stereocenters. The lowest BCUT2D eigenvalue weighted by Crippen LogP contribution is -2.16. The molecule has 0 saturated carbocycles. The molecule has 3 heterocycles. The number of nitrogens with zero attached hydrogens (tertiary/aromatic N) is 4. The lowest BCUT2D eigenvalue weighted by molar-refractivity contribution is -0.114. The van der Waals surface area contributed by atoms with E-state index in [9.17, 15) is 9.59 Å². The summed E-state index contributed by atoms with van der Waals surface area (Å²) in [7, 11) is 0. The van der Waals surface area contributed by atoms with Gasteiger partial charge in [0.05, 0.1) is 16.8 Å². The predicted octanol–water partition coefficient (Wildman–Crippen LogP) is 3.07. The highest BCUT2D eigenvalue weighted by Gasteiger charge is 2.19. The van der Waals surface area contributed by atoms with Gasteiger partial charge in [-0.3, -0.25) is 9.59 Å². The Morgan fingerprint density at radius 3 is 2.50 bits per heavy atom. The van der Waals surface area contributed by atoms with E-state index in [-0.39, 0.29) is 5.91 Å². The Balaban J connectivity index is 1.80. The Labute approximate surface area is 164 Å². The van der Waals surface area contributed by atoms with Gasteiger partial charge in [-0.1, -0.05) is 6.07 Å². The number of hydrogen-bond acceptors (Lipinski definition) is 8. The van der Waals surface area contributed by atoms with Crippen molar-refractivity contribution in [2.24, 2.45) is 0 Å². The first-order valence-corrected chi connectivity index (χ1v) is 8.89. The topological polar surface area (TPSA) is 133 Å². The summed E-state index contributed by atoms with van der Waals surface area (Å²) in [6, 6.07) is 10.2. The normalized spacial score (nSPS) is 10.0. The minimum Gasteiger partial charge on any atom is -0.330 e. The molecule has 3 N–H and O–H groups in total. The summed E-state index contributed by atoms with van der Waals surface area (Å²) in [4.78, 5) is 32.2. The molecule has 28 heavy (non-hydrogen) atoms. The molecule has 0 spiro atoms. The van der Waals surface area contributed by atoms with Crippen molar-refractivity contribution in [1.29, 1.82) is 5.26 Å². The monoisotopic (exact) mass is 393 g/mol. The van der Waals surface area contributed by atoms with Gasteiger partial charge in [-0.15, -0.1) is 0 Å². The van der Waals surface area contributed by atoms with Gasteiger partial charge in [0.25, 0.3) is 5.91 Å². The number of amides is 2. The number of pyridine rings is 2. The molecule has 0 aliphatic carbocycles. The average molecular weight is 393 g/mol. The molecule has 0 bridgehead atoms. The van der Waals surface area contributed by atoms with Gasteiger partial charge in [0.1, 0.15) is 28.5 Å². The van der Waals surface area contributed by atoms with Crippen molar-refractivity contribution in [2.75, 3.05) is 16.0 Å². The van der Waals surface area contributed by atoms with Crippen LogP contribution in [0.5, 0.6) is 0 Å². The van der Waals surface area contributed by atoms with Crippen LogP contribution in [0.4, 0.5) is 22.5 Å². The van der Waals surface area contributed by atoms with Gasteiger partial charge in [0.2, 0.25) is 5.91 Å². The average Bonchev–Trinajstić information content (AvgIpc) is 3.02. The standard InChI is InChI=1S/C18H15N7O2S/c1-10-16(17(27)23-15-5-3-4-14(22-15)21-11(2)26)18(28-25-10)24-13-7-6-12(8-19)9-20-13/h3-7,9H,1-2H3,(H,20,24)(H2,21,22,23,26,27). The van der Waals surface area contributed by atoms with Crippen LogP contribution < -0.4 is 16.0 Å². The van der Waals surface area contributed by atoms with E-state index in [4.69, 9.17) is 5.26 Å². The molecule has 0 atom stereocenters. The maximum Gasteiger partial charge on any atom is 0.261 e. The van der Waals surface area contributed by atoms with Gasteiger partial charge >= 0.3 is 0 Å². The number of carbonyl (C=O) groups is 2. The number of aryl methyl sites for hydroxylation is 1. The summed E-state index contributed by atoms with van der Waals surface area (Å²) in [5, 5.41) is 17.7. The molecule has 0 aliphatic rings. The molecule has 10 heteroatoms. The minimum absolute atomic E-state index is 0.254. The van der Waals surface area contributed by atoms with Crippen molar-refractivity contribution < 1.29 is 9.59 Å². The highest BCUT2D eigenvalue weighted by molar-refractivity contribution is 7.10. The largest absolute Gasteiger partial charge is 0.330 e. The van der Waals surface area contributed by atoms with Gasteiger partial charge in [-0.05, 0) is 42.7 Å².